The molecule has 6 heteroatoms. The Bertz CT molecular complexity index is 1080. The molecule has 0 saturated carbocycles. The minimum atomic E-state index is -0.708. The van der Waals surface area contributed by atoms with Gasteiger partial charge in [-0.2, -0.15) is 0 Å². The molecule has 0 fully saturated rings. The molecule has 0 radical (unpaired) electrons. The van der Waals surface area contributed by atoms with Crippen molar-refractivity contribution in [2.24, 2.45) is 4.99 Å². The van der Waals surface area contributed by atoms with E-state index in [1.165, 1.54) is 6.21 Å². The van der Waals surface area contributed by atoms with Gasteiger partial charge >= 0.3 is 5.69 Å². The van der Waals surface area contributed by atoms with Crippen LogP contribution in [0, 0.1) is 13.8 Å². The Labute approximate surface area is 143 Å². The highest BCUT2D eigenvalue weighted by atomic mass is 16.3. The summed E-state index contributed by atoms with van der Waals surface area (Å²) >= 11 is 0. The first-order valence-electron chi connectivity index (χ1n) is 7.72. The van der Waals surface area contributed by atoms with Crippen molar-refractivity contribution in [2.75, 3.05) is 0 Å². The van der Waals surface area contributed by atoms with Crippen LogP contribution in [0.5, 0.6) is 5.88 Å². The van der Waals surface area contributed by atoms with Gasteiger partial charge in [-0.3, -0.25) is 14.8 Å². The first-order chi connectivity index (χ1) is 12.0. The lowest BCUT2D eigenvalue weighted by atomic mass is 10.2. The predicted molar refractivity (Wildman–Crippen MR) is 97.5 cm³/mol. The SMILES string of the molecule is Cc1cccc(N=Cc2c(O)n(-c3cccc(C)c3)c(=O)[nH]c2=O)c1. The molecule has 1 heterocycles. The molecule has 2 aromatic carbocycles. The summed E-state index contributed by atoms with van der Waals surface area (Å²) in [5.74, 6) is -0.448. The summed E-state index contributed by atoms with van der Waals surface area (Å²) in [6.45, 7) is 3.80. The van der Waals surface area contributed by atoms with E-state index >= 15 is 0 Å². The first-order valence-corrected chi connectivity index (χ1v) is 7.72. The lowest BCUT2D eigenvalue weighted by Crippen LogP contribution is -2.31. The molecule has 0 aliphatic heterocycles. The zero-order valence-electron chi connectivity index (χ0n) is 13.9. The summed E-state index contributed by atoms with van der Waals surface area (Å²) in [5, 5.41) is 10.5. The van der Waals surface area contributed by atoms with Crippen LogP contribution in [0.1, 0.15) is 16.7 Å². The Hall–Kier alpha value is -3.41. The molecule has 0 amide bonds. The number of nitrogens with zero attached hydrogens (tertiary/aromatic N) is 2. The van der Waals surface area contributed by atoms with Gasteiger partial charge in [0.2, 0.25) is 5.88 Å². The van der Waals surface area contributed by atoms with Crippen LogP contribution in [0.2, 0.25) is 0 Å². The summed E-state index contributed by atoms with van der Waals surface area (Å²) in [4.78, 5) is 30.7. The van der Waals surface area contributed by atoms with Crippen LogP contribution in [0.15, 0.2) is 63.1 Å². The number of aromatic hydroxyl groups is 1. The third-order valence-electron chi connectivity index (χ3n) is 3.73. The van der Waals surface area contributed by atoms with E-state index in [9.17, 15) is 14.7 Å². The average Bonchev–Trinajstić information content (AvgIpc) is 2.54. The number of hydrogen-bond donors (Lipinski definition) is 2. The monoisotopic (exact) mass is 335 g/mol. The number of aromatic nitrogens is 2. The summed E-state index contributed by atoms with van der Waals surface area (Å²) in [6, 6.07) is 14.5. The maximum atomic E-state index is 12.1. The molecule has 0 aliphatic carbocycles. The highest BCUT2D eigenvalue weighted by Crippen LogP contribution is 2.18. The standard InChI is InChI=1S/C19H17N3O3/c1-12-5-3-7-14(9-12)20-11-16-17(23)21-19(25)22(18(16)24)15-8-4-6-13(2)10-15/h3-11,24H,1-2H3,(H,21,23,25). The van der Waals surface area contributed by atoms with Crippen molar-refractivity contribution in [3.8, 4) is 11.6 Å². The smallest absolute Gasteiger partial charge is 0.335 e. The maximum Gasteiger partial charge on any atom is 0.335 e. The molecule has 6 nitrogen and oxygen atoms in total. The van der Waals surface area contributed by atoms with E-state index in [2.05, 4.69) is 9.98 Å². The molecule has 0 aliphatic rings. The minimum absolute atomic E-state index is 0.0809. The fraction of sp³-hybridized carbons (Fsp3) is 0.105. The predicted octanol–water partition coefficient (Wildman–Crippen LogP) is 2.60. The van der Waals surface area contributed by atoms with Crippen molar-refractivity contribution in [3.05, 3.63) is 86.1 Å². The van der Waals surface area contributed by atoms with Gasteiger partial charge in [-0.15, -0.1) is 0 Å². The molecular formula is C19H17N3O3. The third-order valence-corrected chi connectivity index (χ3v) is 3.73. The number of benzene rings is 2. The zero-order valence-corrected chi connectivity index (χ0v) is 13.9. The van der Waals surface area contributed by atoms with E-state index in [0.717, 1.165) is 15.7 Å². The lowest BCUT2D eigenvalue weighted by Gasteiger charge is -2.10. The normalized spacial score (nSPS) is 11.1. The van der Waals surface area contributed by atoms with Crippen LogP contribution in [0.3, 0.4) is 0 Å². The van der Waals surface area contributed by atoms with Gasteiger partial charge in [-0.05, 0) is 49.2 Å². The molecule has 2 N–H and O–H groups in total. The van der Waals surface area contributed by atoms with Crippen LogP contribution in [0.4, 0.5) is 5.69 Å². The van der Waals surface area contributed by atoms with E-state index < -0.39 is 17.1 Å². The van der Waals surface area contributed by atoms with Crippen LogP contribution in [-0.4, -0.2) is 20.9 Å². The number of aryl methyl sites for hydroxylation is 2. The van der Waals surface area contributed by atoms with Gasteiger partial charge in [0.05, 0.1) is 11.4 Å². The van der Waals surface area contributed by atoms with Crippen LogP contribution in [-0.2, 0) is 0 Å². The second-order valence-electron chi connectivity index (χ2n) is 5.77. The Balaban J connectivity index is 2.14. The van der Waals surface area contributed by atoms with Gasteiger partial charge in [0.15, 0.2) is 0 Å². The van der Waals surface area contributed by atoms with Gasteiger partial charge in [0, 0.05) is 6.21 Å². The van der Waals surface area contributed by atoms with E-state index in [1.807, 2.05) is 38.1 Å². The van der Waals surface area contributed by atoms with Crippen LogP contribution < -0.4 is 11.2 Å². The van der Waals surface area contributed by atoms with E-state index in [0.29, 0.717) is 11.4 Å². The van der Waals surface area contributed by atoms with Gasteiger partial charge in [0.25, 0.3) is 5.56 Å². The van der Waals surface area contributed by atoms with Crippen molar-refractivity contribution in [2.45, 2.75) is 13.8 Å². The molecule has 1 aromatic heterocycles. The van der Waals surface area contributed by atoms with Crippen LogP contribution >= 0.6 is 0 Å². The summed E-state index contributed by atoms with van der Waals surface area (Å²) in [7, 11) is 0. The average molecular weight is 335 g/mol. The number of hydrogen-bond acceptors (Lipinski definition) is 4. The van der Waals surface area contributed by atoms with Gasteiger partial charge in [-0.25, -0.2) is 9.36 Å². The van der Waals surface area contributed by atoms with E-state index in [1.54, 1.807) is 24.3 Å². The van der Waals surface area contributed by atoms with Gasteiger partial charge in [0.1, 0.15) is 5.56 Å². The van der Waals surface area contributed by atoms with Crippen molar-refractivity contribution in [1.82, 2.24) is 9.55 Å². The van der Waals surface area contributed by atoms with Gasteiger partial charge < -0.3 is 5.11 Å². The molecule has 126 valence electrons. The van der Waals surface area contributed by atoms with Crippen molar-refractivity contribution in [1.29, 1.82) is 0 Å². The largest absolute Gasteiger partial charge is 0.493 e. The molecule has 0 bridgehead atoms. The molecule has 0 unspecified atom stereocenters. The van der Waals surface area contributed by atoms with E-state index in [-0.39, 0.29) is 5.56 Å². The molecule has 0 spiro atoms. The molecule has 3 rings (SSSR count). The summed E-state index contributed by atoms with van der Waals surface area (Å²) in [6.07, 6.45) is 1.26. The van der Waals surface area contributed by atoms with E-state index in [4.69, 9.17) is 0 Å². The minimum Gasteiger partial charge on any atom is -0.493 e. The van der Waals surface area contributed by atoms with Crippen LogP contribution in [0.25, 0.3) is 5.69 Å². The highest BCUT2D eigenvalue weighted by Gasteiger charge is 2.14. The lowest BCUT2D eigenvalue weighted by molar-refractivity contribution is 0.430. The quantitative estimate of drug-likeness (QED) is 0.721. The number of aliphatic imine (C=N–C) groups is 1. The first kappa shape index (κ1) is 16.4. The molecular weight excluding hydrogens is 318 g/mol. The molecule has 3 aromatic rings. The van der Waals surface area contributed by atoms with Crippen molar-refractivity contribution in [3.63, 3.8) is 0 Å². The highest BCUT2D eigenvalue weighted by molar-refractivity contribution is 5.84. The van der Waals surface area contributed by atoms with Gasteiger partial charge in [-0.1, -0.05) is 24.3 Å². The summed E-state index contributed by atoms with van der Waals surface area (Å²) in [5.41, 5.74) is 1.57. The molecule has 0 atom stereocenters. The topological polar surface area (TPSA) is 87.4 Å². The maximum absolute atomic E-state index is 12.1. The third kappa shape index (κ3) is 3.42. The van der Waals surface area contributed by atoms with Crippen molar-refractivity contribution < 1.29 is 5.11 Å². The number of aromatic amines is 1. The number of H-pyrrole nitrogens is 1. The molecule has 25 heavy (non-hydrogen) atoms. The number of nitrogens with one attached hydrogen (secondary N) is 1. The Morgan fingerprint density at radius 1 is 1.04 bits per heavy atom. The second-order valence-corrected chi connectivity index (χ2v) is 5.77. The fourth-order valence-electron chi connectivity index (χ4n) is 2.51. The molecule has 0 saturated heterocycles. The Morgan fingerprint density at radius 3 is 2.40 bits per heavy atom. The van der Waals surface area contributed by atoms with Crippen molar-refractivity contribution >= 4 is 11.9 Å². The Kier molecular flexibility index (Phi) is 4.35. The summed E-state index contributed by atoms with van der Waals surface area (Å²) < 4.78 is 1.05. The Morgan fingerprint density at radius 2 is 1.72 bits per heavy atom. The number of rotatable bonds is 3. The zero-order chi connectivity index (χ0) is 18.0. The fourth-order valence-corrected chi connectivity index (χ4v) is 2.51. The second kappa shape index (κ2) is 6.60.